The van der Waals surface area contributed by atoms with E-state index >= 15 is 0 Å². The van der Waals surface area contributed by atoms with Crippen molar-refractivity contribution in [3.05, 3.63) is 23.8 Å². The van der Waals surface area contributed by atoms with Gasteiger partial charge in [-0.2, -0.15) is 0 Å². The van der Waals surface area contributed by atoms with Gasteiger partial charge in [0, 0.05) is 44.4 Å². The summed E-state index contributed by atoms with van der Waals surface area (Å²) >= 11 is 0. The van der Waals surface area contributed by atoms with E-state index < -0.39 is 0 Å². The van der Waals surface area contributed by atoms with Crippen LogP contribution in [0.5, 0.6) is 11.5 Å². The highest BCUT2D eigenvalue weighted by Gasteiger charge is 2.27. The van der Waals surface area contributed by atoms with Crippen LogP contribution < -0.4 is 9.47 Å². The molecule has 0 bridgehead atoms. The second-order valence-electron chi connectivity index (χ2n) is 7.27. The van der Waals surface area contributed by atoms with Gasteiger partial charge in [0.15, 0.2) is 11.5 Å². The average Bonchev–Trinajstić information content (AvgIpc) is 2.61. The Morgan fingerprint density at radius 1 is 1.20 bits per heavy atom. The number of piperazine rings is 1. The van der Waals surface area contributed by atoms with Crippen LogP contribution >= 0.6 is 0 Å². The molecule has 1 heterocycles. The van der Waals surface area contributed by atoms with E-state index in [0.29, 0.717) is 12.0 Å². The van der Waals surface area contributed by atoms with E-state index in [1.54, 1.807) is 14.2 Å². The monoisotopic (exact) mass is 350 g/mol. The fourth-order valence-corrected chi connectivity index (χ4v) is 3.56. The maximum absolute atomic E-state index is 9.46. The number of nitrogens with zero attached hydrogens (tertiary/aromatic N) is 2. The number of para-hydroxylation sites is 1. The van der Waals surface area contributed by atoms with Crippen LogP contribution in [-0.4, -0.2) is 68.0 Å². The Morgan fingerprint density at radius 3 is 2.64 bits per heavy atom. The molecule has 1 aromatic rings. The fraction of sp³-hybridized carbons (Fsp3) is 0.700. The zero-order chi connectivity index (χ0) is 18.2. The minimum Gasteiger partial charge on any atom is -0.493 e. The van der Waals surface area contributed by atoms with Crippen molar-refractivity contribution in [1.82, 2.24) is 9.80 Å². The predicted octanol–water partition coefficient (Wildman–Crippen LogP) is 2.62. The van der Waals surface area contributed by atoms with Crippen LogP contribution in [-0.2, 0) is 6.54 Å². The molecule has 1 atom stereocenters. The third-order valence-electron chi connectivity index (χ3n) is 5.02. The maximum Gasteiger partial charge on any atom is 0.165 e. The molecule has 1 aliphatic heterocycles. The van der Waals surface area contributed by atoms with Gasteiger partial charge in [-0.05, 0) is 31.4 Å². The lowest BCUT2D eigenvalue weighted by molar-refractivity contribution is 0.0520. The number of ether oxygens (including phenoxy) is 2. The Bertz CT molecular complexity index is 522. The van der Waals surface area contributed by atoms with Crippen LogP contribution in [0.15, 0.2) is 18.2 Å². The van der Waals surface area contributed by atoms with Crippen molar-refractivity contribution in [2.24, 2.45) is 5.92 Å². The van der Waals surface area contributed by atoms with Crippen LogP contribution in [0.2, 0.25) is 0 Å². The van der Waals surface area contributed by atoms with Gasteiger partial charge in [0.2, 0.25) is 0 Å². The standard InChI is InChI=1S/C20H34N2O3/c1-16(2)8-10-22-12-11-21(15-18(22)9-13-23)14-17-6-5-7-19(24-3)20(17)25-4/h5-7,16,18,23H,8-15H2,1-4H3/t18-/m0/s1. The van der Waals surface area contributed by atoms with Gasteiger partial charge < -0.3 is 14.6 Å². The molecule has 0 radical (unpaired) electrons. The smallest absolute Gasteiger partial charge is 0.165 e. The lowest BCUT2D eigenvalue weighted by atomic mass is 10.0. The topological polar surface area (TPSA) is 45.2 Å². The summed E-state index contributed by atoms with van der Waals surface area (Å²) in [6.07, 6.45) is 2.05. The summed E-state index contributed by atoms with van der Waals surface area (Å²) in [5, 5.41) is 9.46. The summed E-state index contributed by atoms with van der Waals surface area (Å²) in [6, 6.07) is 6.48. The van der Waals surface area contributed by atoms with Crippen molar-refractivity contribution in [1.29, 1.82) is 0 Å². The molecule has 0 saturated carbocycles. The van der Waals surface area contributed by atoms with Gasteiger partial charge in [0.25, 0.3) is 0 Å². The van der Waals surface area contributed by atoms with Gasteiger partial charge in [0.1, 0.15) is 0 Å². The van der Waals surface area contributed by atoms with Crippen molar-refractivity contribution in [2.75, 3.05) is 47.0 Å². The number of aliphatic hydroxyl groups excluding tert-OH is 1. The summed E-state index contributed by atoms with van der Waals surface area (Å²) in [5.74, 6) is 2.32. The molecule has 1 saturated heterocycles. The first-order valence-electron chi connectivity index (χ1n) is 9.36. The Kier molecular flexibility index (Phi) is 8.00. The SMILES string of the molecule is COc1cccc(CN2CCN(CCC(C)C)[C@@H](CCO)C2)c1OC. The normalized spacial score (nSPS) is 19.4. The summed E-state index contributed by atoms with van der Waals surface area (Å²) < 4.78 is 11.0. The molecular weight excluding hydrogens is 316 g/mol. The third-order valence-corrected chi connectivity index (χ3v) is 5.02. The number of hydrogen-bond donors (Lipinski definition) is 1. The molecule has 5 nitrogen and oxygen atoms in total. The van der Waals surface area contributed by atoms with Crippen molar-refractivity contribution in [3.63, 3.8) is 0 Å². The van der Waals surface area contributed by atoms with Gasteiger partial charge in [-0.1, -0.05) is 26.0 Å². The molecule has 142 valence electrons. The molecular formula is C20H34N2O3. The largest absolute Gasteiger partial charge is 0.493 e. The molecule has 25 heavy (non-hydrogen) atoms. The van der Waals surface area contributed by atoms with Gasteiger partial charge in [-0.15, -0.1) is 0 Å². The van der Waals surface area contributed by atoms with Crippen molar-refractivity contribution in [2.45, 2.75) is 39.3 Å². The Morgan fingerprint density at radius 2 is 2.00 bits per heavy atom. The molecule has 1 aromatic carbocycles. The molecule has 2 rings (SSSR count). The van der Waals surface area contributed by atoms with Crippen molar-refractivity contribution < 1.29 is 14.6 Å². The summed E-state index contributed by atoms with van der Waals surface area (Å²) in [7, 11) is 3.37. The molecule has 0 aliphatic carbocycles. The minimum absolute atomic E-state index is 0.249. The van der Waals surface area contributed by atoms with Gasteiger partial charge in [-0.3, -0.25) is 9.80 Å². The highest BCUT2D eigenvalue weighted by Crippen LogP contribution is 2.32. The highest BCUT2D eigenvalue weighted by atomic mass is 16.5. The van der Waals surface area contributed by atoms with E-state index in [-0.39, 0.29) is 6.61 Å². The highest BCUT2D eigenvalue weighted by molar-refractivity contribution is 5.46. The van der Waals surface area contributed by atoms with Gasteiger partial charge in [-0.25, -0.2) is 0 Å². The molecule has 1 N–H and O–H groups in total. The maximum atomic E-state index is 9.46. The molecule has 0 aromatic heterocycles. The quantitative estimate of drug-likeness (QED) is 0.742. The lowest BCUT2D eigenvalue weighted by Crippen LogP contribution is -2.53. The zero-order valence-electron chi connectivity index (χ0n) is 16.2. The first-order chi connectivity index (χ1) is 12.1. The van der Waals surface area contributed by atoms with Gasteiger partial charge >= 0.3 is 0 Å². The number of hydrogen-bond acceptors (Lipinski definition) is 5. The predicted molar refractivity (Wildman–Crippen MR) is 101 cm³/mol. The number of aliphatic hydroxyl groups is 1. The summed E-state index contributed by atoms with van der Waals surface area (Å²) in [4.78, 5) is 5.01. The Balaban J connectivity index is 2.02. The van der Waals surface area contributed by atoms with Crippen LogP contribution in [0.3, 0.4) is 0 Å². The molecule has 0 spiro atoms. The Labute approximate surface area is 152 Å². The van der Waals surface area contributed by atoms with E-state index in [4.69, 9.17) is 9.47 Å². The Hall–Kier alpha value is -1.30. The summed E-state index contributed by atoms with van der Waals surface area (Å²) in [6.45, 7) is 9.85. The van der Waals surface area contributed by atoms with Gasteiger partial charge in [0.05, 0.1) is 14.2 Å². The zero-order valence-corrected chi connectivity index (χ0v) is 16.2. The average molecular weight is 351 g/mol. The fourth-order valence-electron chi connectivity index (χ4n) is 3.56. The second kappa shape index (κ2) is 10.00. The van der Waals surface area contributed by atoms with E-state index in [1.165, 1.54) is 6.42 Å². The lowest BCUT2D eigenvalue weighted by Gasteiger charge is -2.42. The molecule has 0 amide bonds. The molecule has 1 aliphatic rings. The van der Waals surface area contributed by atoms with E-state index in [2.05, 4.69) is 29.7 Å². The van der Waals surface area contributed by atoms with Crippen LogP contribution in [0.25, 0.3) is 0 Å². The number of rotatable bonds is 9. The van der Waals surface area contributed by atoms with Crippen molar-refractivity contribution in [3.8, 4) is 11.5 Å². The first kappa shape index (κ1) is 20.0. The molecule has 1 fully saturated rings. The van der Waals surface area contributed by atoms with Crippen LogP contribution in [0.1, 0.15) is 32.3 Å². The summed E-state index contributed by atoms with van der Waals surface area (Å²) in [5.41, 5.74) is 1.15. The van der Waals surface area contributed by atoms with Crippen molar-refractivity contribution >= 4 is 0 Å². The van der Waals surface area contributed by atoms with E-state index in [1.807, 2.05) is 12.1 Å². The number of methoxy groups -OCH3 is 2. The van der Waals surface area contributed by atoms with E-state index in [9.17, 15) is 5.11 Å². The third kappa shape index (κ3) is 5.59. The minimum atomic E-state index is 0.249. The molecule has 0 unspecified atom stereocenters. The van der Waals surface area contributed by atoms with Crippen LogP contribution in [0.4, 0.5) is 0 Å². The molecule has 5 heteroatoms. The van der Waals surface area contributed by atoms with E-state index in [0.717, 1.165) is 56.2 Å². The van der Waals surface area contributed by atoms with Crippen LogP contribution in [0, 0.1) is 5.92 Å². The number of benzene rings is 1. The first-order valence-corrected chi connectivity index (χ1v) is 9.36. The second-order valence-corrected chi connectivity index (χ2v) is 7.27.